The van der Waals surface area contributed by atoms with E-state index in [-0.39, 0.29) is 0 Å². The molecule has 0 saturated heterocycles. The van der Waals surface area contributed by atoms with Gasteiger partial charge in [-0.05, 0) is 140 Å². The van der Waals surface area contributed by atoms with Crippen LogP contribution in [0.2, 0.25) is 0 Å². The Hall–Kier alpha value is -8.12. The molecule has 0 bridgehead atoms. The Kier molecular flexibility index (Phi) is 8.98. The van der Waals surface area contributed by atoms with Crippen LogP contribution in [0.15, 0.2) is 229 Å². The zero-order valence-electron chi connectivity index (χ0n) is 34.0. The molecule has 0 saturated carbocycles. The van der Waals surface area contributed by atoms with Crippen LogP contribution < -0.4 is 4.90 Å². The highest BCUT2D eigenvalue weighted by atomic mass is 32.1. The molecule has 0 aliphatic rings. The molecular formula is C58H37N3OS. The highest BCUT2D eigenvalue weighted by molar-refractivity contribution is 7.21. The summed E-state index contributed by atoms with van der Waals surface area (Å²) < 4.78 is 7.24. The molecule has 2 aromatic heterocycles. The maximum absolute atomic E-state index is 6.04. The molecular weight excluding hydrogens is 787 g/mol. The number of benzene rings is 10. The lowest BCUT2D eigenvalue weighted by Gasteiger charge is -2.26. The normalized spacial score (nSPS) is 11.5. The summed E-state index contributed by atoms with van der Waals surface area (Å²) in [6.45, 7) is 0. The number of nitrogens with zero attached hydrogens (tertiary/aromatic N) is 3. The minimum atomic E-state index is 0.626. The second-order valence-electron chi connectivity index (χ2n) is 15.9. The van der Waals surface area contributed by atoms with E-state index in [1.807, 2.05) is 30.3 Å². The molecule has 0 spiro atoms. The quantitative estimate of drug-likeness (QED) is 0.153. The number of anilines is 3. The first-order valence-electron chi connectivity index (χ1n) is 21.1. The molecule has 0 N–H and O–H groups in total. The van der Waals surface area contributed by atoms with Gasteiger partial charge < -0.3 is 9.32 Å². The molecule has 0 aliphatic carbocycles. The van der Waals surface area contributed by atoms with E-state index in [0.717, 1.165) is 72.1 Å². The summed E-state index contributed by atoms with van der Waals surface area (Å²) >= 11 is 1.73. The number of fused-ring (bicyclic) bond motifs is 4. The fourth-order valence-corrected chi connectivity index (χ4v) is 9.55. The molecule has 5 heteroatoms. The summed E-state index contributed by atoms with van der Waals surface area (Å²) in [4.78, 5) is 11.9. The first kappa shape index (κ1) is 36.7. The summed E-state index contributed by atoms with van der Waals surface area (Å²) in [6.07, 6.45) is 0. The van der Waals surface area contributed by atoms with Crippen LogP contribution in [0.4, 0.5) is 17.1 Å². The minimum Gasteiger partial charge on any atom is -0.436 e. The summed E-state index contributed by atoms with van der Waals surface area (Å²) in [6, 6.07) is 79.9. The van der Waals surface area contributed by atoms with E-state index in [9.17, 15) is 0 Å². The molecule has 10 aromatic carbocycles. The maximum Gasteiger partial charge on any atom is 0.227 e. The topological polar surface area (TPSA) is 42.2 Å². The van der Waals surface area contributed by atoms with Gasteiger partial charge in [-0.15, -0.1) is 11.3 Å². The van der Waals surface area contributed by atoms with Crippen LogP contribution in [-0.4, -0.2) is 9.97 Å². The van der Waals surface area contributed by atoms with Crippen molar-refractivity contribution in [2.75, 3.05) is 4.90 Å². The average molecular weight is 824 g/mol. The predicted molar refractivity (Wildman–Crippen MR) is 264 cm³/mol. The molecule has 0 atom stereocenters. The van der Waals surface area contributed by atoms with Gasteiger partial charge in [0, 0.05) is 28.2 Å². The van der Waals surface area contributed by atoms with Crippen molar-refractivity contribution in [3.8, 4) is 55.4 Å². The standard InChI is InChI=1S/C58H37N3OS/c1-2-8-45-35-46(22-17-38(45)7-1)47-23-24-49-37-52(34-29-48(49)36-47)61(50-30-25-41(26-31-50)39-13-18-43(19-14-39)57-59-53-9-3-5-11-55(53)62-57)51-32-27-42(28-33-51)40-15-20-44(21-16-40)58-60-54-10-4-6-12-56(54)63-58/h1-37H. The minimum absolute atomic E-state index is 0.626. The van der Waals surface area contributed by atoms with Crippen molar-refractivity contribution in [1.29, 1.82) is 0 Å². The van der Waals surface area contributed by atoms with Gasteiger partial charge in [-0.1, -0.05) is 140 Å². The van der Waals surface area contributed by atoms with Crippen molar-refractivity contribution in [3.63, 3.8) is 0 Å². The molecule has 12 aromatic rings. The summed E-state index contributed by atoms with van der Waals surface area (Å²) in [5, 5.41) is 5.92. The molecule has 4 nitrogen and oxygen atoms in total. The van der Waals surface area contributed by atoms with E-state index in [4.69, 9.17) is 14.4 Å². The van der Waals surface area contributed by atoms with Crippen molar-refractivity contribution >= 4 is 71.3 Å². The van der Waals surface area contributed by atoms with Crippen LogP contribution in [0.3, 0.4) is 0 Å². The summed E-state index contributed by atoms with van der Waals surface area (Å²) in [5.74, 6) is 0.626. The van der Waals surface area contributed by atoms with Crippen molar-refractivity contribution in [1.82, 2.24) is 9.97 Å². The molecule has 0 fully saturated rings. The zero-order valence-corrected chi connectivity index (χ0v) is 34.8. The SMILES string of the molecule is c1ccc2cc(-c3ccc4cc(N(c5ccc(-c6ccc(-c7nc8ccccc8o7)cc6)cc5)c5ccc(-c6ccc(-c7nc8ccccc8s7)cc6)cc5)ccc4c3)ccc2c1. The van der Waals surface area contributed by atoms with Gasteiger partial charge in [0.1, 0.15) is 10.5 Å². The first-order chi connectivity index (χ1) is 31.1. The second kappa shape index (κ2) is 15.4. The van der Waals surface area contributed by atoms with E-state index in [0.29, 0.717) is 5.89 Å². The molecule has 296 valence electrons. The Balaban J connectivity index is 0.869. The maximum atomic E-state index is 6.04. The van der Waals surface area contributed by atoms with E-state index in [2.05, 4.69) is 199 Å². The van der Waals surface area contributed by atoms with Crippen LogP contribution >= 0.6 is 11.3 Å². The first-order valence-corrected chi connectivity index (χ1v) is 21.9. The summed E-state index contributed by atoms with van der Waals surface area (Å²) in [7, 11) is 0. The molecule has 12 rings (SSSR count). The van der Waals surface area contributed by atoms with E-state index in [1.165, 1.54) is 37.4 Å². The number of hydrogen-bond donors (Lipinski definition) is 0. The largest absolute Gasteiger partial charge is 0.436 e. The molecule has 0 amide bonds. The van der Waals surface area contributed by atoms with Gasteiger partial charge in [0.2, 0.25) is 5.89 Å². The number of aromatic nitrogens is 2. The van der Waals surface area contributed by atoms with Gasteiger partial charge in [-0.2, -0.15) is 0 Å². The van der Waals surface area contributed by atoms with E-state index < -0.39 is 0 Å². The lowest BCUT2D eigenvalue weighted by molar-refractivity contribution is 0.620. The Bertz CT molecular complexity index is 3380. The Labute approximate surface area is 368 Å². The number of rotatable bonds is 8. The van der Waals surface area contributed by atoms with Crippen molar-refractivity contribution in [2.24, 2.45) is 0 Å². The summed E-state index contributed by atoms with van der Waals surface area (Å²) in [5.41, 5.74) is 15.0. The van der Waals surface area contributed by atoms with Crippen molar-refractivity contribution < 1.29 is 4.42 Å². The molecule has 0 aliphatic heterocycles. The molecule has 0 unspecified atom stereocenters. The Morgan fingerprint density at radius 1 is 0.333 bits per heavy atom. The van der Waals surface area contributed by atoms with Gasteiger partial charge >= 0.3 is 0 Å². The van der Waals surface area contributed by atoms with Gasteiger partial charge in [-0.25, -0.2) is 9.97 Å². The highest BCUT2D eigenvalue weighted by Gasteiger charge is 2.16. The molecule has 0 radical (unpaired) electrons. The fourth-order valence-electron chi connectivity index (χ4n) is 8.58. The average Bonchev–Trinajstić information content (AvgIpc) is 4.00. The van der Waals surface area contributed by atoms with Gasteiger partial charge in [0.05, 0.1) is 10.2 Å². The Morgan fingerprint density at radius 2 is 0.794 bits per heavy atom. The van der Waals surface area contributed by atoms with Crippen LogP contribution in [0.25, 0.3) is 98.3 Å². The predicted octanol–water partition coefficient (Wildman–Crippen LogP) is 16.5. The van der Waals surface area contributed by atoms with E-state index in [1.54, 1.807) is 11.3 Å². The van der Waals surface area contributed by atoms with Crippen LogP contribution in [0.5, 0.6) is 0 Å². The number of para-hydroxylation sites is 3. The van der Waals surface area contributed by atoms with Crippen LogP contribution in [0.1, 0.15) is 0 Å². The van der Waals surface area contributed by atoms with Crippen LogP contribution in [0, 0.1) is 0 Å². The second-order valence-corrected chi connectivity index (χ2v) is 16.9. The highest BCUT2D eigenvalue weighted by Crippen LogP contribution is 2.40. The van der Waals surface area contributed by atoms with Crippen LogP contribution in [-0.2, 0) is 0 Å². The zero-order chi connectivity index (χ0) is 41.7. The Morgan fingerprint density at radius 3 is 1.44 bits per heavy atom. The third-order valence-corrected chi connectivity index (χ3v) is 13.0. The van der Waals surface area contributed by atoms with Gasteiger partial charge in [0.15, 0.2) is 5.58 Å². The third kappa shape index (κ3) is 7.01. The van der Waals surface area contributed by atoms with Gasteiger partial charge in [-0.3, -0.25) is 0 Å². The molecule has 2 heterocycles. The lowest BCUT2D eigenvalue weighted by Crippen LogP contribution is -2.09. The smallest absolute Gasteiger partial charge is 0.227 e. The lowest BCUT2D eigenvalue weighted by atomic mass is 9.98. The van der Waals surface area contributed by atoms with E-state index >= 15 is 0 Å². The van der Waals surface area contributed by atoms with Gasteiger partial charge in [0.25, 0.3) is 0 Å². The van der Waals surface area contributed by atoms with Crippen molar-refractivity contribution in [3.05, 3.63) is 224 Å². The number of thiazole rings is 1. The fraction of sp³-hybridized carbons (Fsp3) is 0. The number of hydrogen-bond acceptors (Lipinski definition) is 5. The molecule has 63 heavy (non-hydrogen) atoms. The third-order valence-electron chi connectivity index (χ3n) is 11.9. The number of oxazole rings is 1. The van der Waals surface area contributed by atoms with Crippen molar-refractivity contribution in [2.45, 2.75) is 0 Å². The monoisotopic (exact) mass is 823 g/mol.